The summed E-state index contributed by atoms with van der Waals surface area (Å²) >= 11 is 0. The van der Waals surface area contributed by atoms with Crippen molar-refractivity contribution < 1.29 is 0 Å². The molecule has 0 saturated heterocycles. The van der Waals surface area contributed by atoms with Gasteiger partial charge < -0.3 is 4.98 Å². The van der Waals surface area contributed by atoms with E-state index < -0.39 is 0 Å². The third kappa shape index (κ3) is 1.99. The van der Waals surface area contributed by atoms with Crippen LogP contribution in [0.5, 0.6) is 0 Å². The SMILES string of the molecule is N#Cc1cc(-c2ccnn2-c2ccccc2)c[nH]c1=O. The van der Waals surface area contributed by atoms with E-state index in [1.807, 2.05) is 42.5 Å². The van der Waals surface area contributed by atoms with Crippen molar-refractivity contribution in [1.29, 1.82) is 5.26 Å². The molecule has 0 atom stereocenters. The molecule has 3 rings (SSSR count). The van der Waals surface area contributed by atoms with Gasteiger partial charge in [0.25, 0.3) is 5.56 Å². The molecule has 0 amide bonds. The summed E-state index contributed by atoms with van der Waals surface area (Å²) in [6.45, 7) is 0. The number of nitrogens with zero attached hydrogens (tertiary/aromatic N) is 3. The van der Waals surface area contributed by atoms with Crippen LogP contribution < -0.4 is 5.56 Å². The van der Waals surface area contributed by atoms with Gasteiger partial charge in [-0.15, -0.1) is 0 Å². The summed E-state index contributed by atoms with van der Waals surface area (Å²) in [4.78, 5) is 14.0. The fourth-order valence-corrected chi connectivity index (χ4v) is 2.01. The number of nitriles is 1. The molecule has 2 heterocycles. The zero-order valence-electron chi connectivity index (χ0n) is 10.4. The van der Waals surface area contributed by atoms with Gasteiger partial charge in [-0.2, -0.15) is 10.4 Å². The lowest BCUT2D eigenvalue weighted by Gasteiger charge is -2.07. The highest BCUT2D eigenvalue weighted by atomic mass is 16.1. The van der Waals surface area contributed by atoms with Crippen LogP contribution >= 0.6 is 0 Å². The lowest BCUT2D eigenvalue weighted by Crippen LogP contribution is -2.09. The highest BCUT2D eigenvalue weighted by Gasteiger charge is 2.09. The number of benzene rings is 1. The van der Waals surface area contributed by atoms with Crippen LogP contribution in [-0.4, -0.2) is 14.8 Å². The van der Waals surface area contributed by atoms with Crippen molar-refractivity contribution in [2.24, 2.45) is 0 Å². The van der Waals surface area contributed by atoms with Gasteiger partial charge in [-0.05, 0) is 24.3 Å². The molecule has 0 bridgehead atoms. The molecular weight excluding hydrogens is 252 g/mol. The Bertz CT molecular complexity index is 840. The van der Waals surface area contributed by atoms with Gasteiger partial charge in [0.05, 0.1) is 17.6 Å². The van der Waals surface area contributed by atoms with Crippen molar-refractivity contribution in [2.45, 2.75) is 0 Å². The molecule has 0 aliphatic rings. The number of rotatable bonds is 2. The summed E-state index contributed by atoms with van der Waals surface area (Å²) in [5.41, 5.74) is 2.16. The summed E-state index contributed by atoms with van der Waals surface area (Å²) in [6, 6.07) is 14.9. The van der Waals surface area contributed by atoms with E-state index in [-0.39, 0.29) is 11.1 Å². The normalized spacial score (nSPS) is 10.2. The van der Waals surface area contributed by atoms with E-state index in [0.717, 1.165) is 16.9 Å². The van der Waals surface area contributed by atoms with Crippen LogP contribution in [0.1, 0.15) is 5.56 Å². The predicted molar refractivity (Wildman–Crippen MR) is 74.3 cm³/mol. The number of nitrogens with one attached hydrogen (secondary N) is 1. The average molecular weight is 262 g/mol. The van der Waals surface area contributed by atoms with Crippen LogP contribution in [0, 0.1) is 11.3 Å². The monoisotopic (exact) mass is 262 g/mol. The van der Waals surface area contributed by atoms with E-state index in [9.17, 15) is 4.79 Å². The van der Waals surface area contributed by atoms with Gasteiger partial charge >= 0.3 is 0 Å². The Morgan fingerprint density at radius 3 is 2.75 bits per heavy atom. The Kier molecular flexibility index (Phi) is 2.90. The van der Waals surface area contributed by atoms with Crippen LogP contribution in [0.2, 0.25) is 0 Å². The third-order valence-corrected chi connectivity index (χ3v) is 2.96. The molecule has 3 aromatic rings. The molecule has 1 N–H and O–H groups in total. The van der Waals surface area contributed by atoms with Gasteiger partial charge in [-0.3, -0.25) is 4.79 Å². The molecule has 0 radical (unpaired) electrons. The van der Waals surface area contributed by atoms with Crippen LogP contribution in [0.15, 0.2) is 59.7 Å². The molecule has 0 unspecified atom stereocenters. The average Bonchev–Trinajstić information content (AvgIpc) is 2.98. The number of hydrogen-bond acceptors (Lipinski definition) is 3. The van der Waals surface area contributed by atoms with Gasteiger partial charge in [-0.1, -0.05) is 18.2 Å². The largest absolute Gasteiger partial charge is 0.327 e. The second-order valence-electron chi connectivity index (χ2n) is 4.21. The van der Waals surface area contributed by atoms with E-state index in [0.29, 0.717) is 0 Å². The minimum Gasteiger partial charge on any atom is -0.327 e. The second-order valence-corrected chi connectivity index (χ2v) is 4.21. The van der Waals surface area contributed by atoms with E-state index in [1.54, 1.807) is 23.1 Å². The van der Waals surface area contributed by atoms with Crippen LogP contribution in [-0.2, 0) is 0 Å². The molecule has 5 nitrogen and oxygen atoms in total. The van der Waals surface area contributed by atoms with E-state index in [1.165, 1.54) is 0 Å². The Labute approximate surface area is 114 Å². The topological polar surface area (TPSA) is 74.5 Å². The fourth-order valence-electron chi connectivity index (χ4n) is 2.01. The first-order valence-corrected chi connectivity index (χ1v) is 6.02. The summed E-state index contributed by atoms with van der Waals surface area (Å²) in [5.74, 6) is 0. The first-order chi connectivity index (χ1) is 9.79. The standard InChI is InChI=1S/C15H10N4O/c16-9-11-8-12(10-17-15(11)20)14-6-7-18-19(14)13-4-2-1-3-5-13/h1-8,10H,(H,17,20). The maximum absolute atomic E-state index is 11.4. The van der Waals surface area contributed by atoms with Crippen molar-refractivity contribution in [3.05, 3.63) is 70.8 Å². The van der Waals surface area contributed by atoms with Gasteiger partial charge in [0.15, 0.2) is 0 Å². The fraction of sp³-hybridized carbons (Fsp3) is 0. The number of aromatic amines is 1. The number of para-hydroxylation sites is 1. The van der Waals surface area contributed by atoms with Crippen molar-refractivity contribution in [3.63, 3.8) is 0 Å². The highest BCUT2D eigenvalue weighted by Crippen LogP contribution is 2.21. The van der Waals surface area contributed by atoms with E-state index >= 15 is 0 Å². The predicted octanol–water partition coefficient (Wildman–Crippen LogP) is 2.10. The zero-order valence-corrected chi connectivity index (χ0v) is 10.4. The minimum atomic E-state index is -0.387. The zero-order chi connectivity index (χ0) is 13.9. The molecule has 1 aromatic carbocycles. The summed E-state index contributed by atoms with van der Waals surface area (Å²) in [6.07, 6.45) is 3.26. The van der Waals surface area contributed by atoms with Crippen LogP contribution in [0.3, 0.4) is 0 Å². The Hall–Kier alpha value is -3.13. The van der Waals surface area contributed by atoms with Gasteiger partial charge in [-0.25, -0.2) is 4.68 Å². The Morgan fingerprint density at radius 1 is 1.20 bits per heavy atom. The molecule has 20 heavy (non-hydrogen) atoms. The number of H-pyrrole nitrogens is 1. The first-order valence-electron chi connectivity index (χ1n) is 6.02. The van der Waals surface area contributed by atoms with Crippen molar-refractivity contribution in [2.75, 3.05) is 0 Å². The second kappa shape index (κ2) is 4.86. The summed E-state index contributed by atoms with van der Waals surface area (Å²) in [7, 11) is 0. The number of pyridine rings is 1. The van der Waals surface area contributed by atoms with Gasteiger partial charge in [0, 0.05) is 11.8 Å². The van der Waals surface area contributed by atoms with Crippen molar-refractivity contribution in [1.82, 2.24) is 14.8 Å². The van der Waals surface area contributed by atoms with Crippen LogP contribution in [0.25, 0.3) is 16.9 Å². The third-order valence-electron chi connectivity index (χ3n) is 2.96. The lowest BCUT2D eigenvalue weighted by molar-refractivity contribution is 0.887. The van der Waals surface area contributed by atoms with E-state index in [4.69, 9.17) is 5.26 Å². The smallest absolute Gasteiger partial charge is 0.265 e. The number of hydrogen-bond donors (Lipinski definition) is 1. The molecule has 2 aromatic heterocycles. The first kappa shape index (κ1) is 11.9. The summed E-state index contributed by atoms with van der Waals surface area (Å²) < 4.78 is 1.76. The molecule has 96 valence electrons. The Balaban J connectivity index is 2.16. The molecule has 5 heteroatoms. The lowest BCUT2D eigenvalue weighted by atomic mass is 10.1. The minimum absolute atomic E-state index is 0.0864. The van der Waals surface area contributed by atoms with Crippen molar-refractivity contribution in [3.8, 4) is 23.0 Å². The number of aromatic nitrogens is 3. The van der Waals surface area contributed by atoms with E-state index in [2.05, 4.69) is 10.1 Å². The maximum atomic E-state index is 11.4. The van der Waals surface area contributed by atoms with Gasteiger partial charge in [0.2, 0.25) is 0 Å². The Morgan fingerprint density at radius 2 is 2.00 bits per heavy atom. The van der Waals surface area contributed by atoms with Crippen LogP contribution in [0.4, 0.5) is 0 Å². The molecular formula is C15H10N4O. The van der Waals surface area contributed by atoms with Gasteiger partial charge in [0.1, 0.15) is 11.6 Å². The highest BCUT2D eigenvalue weighted by molar-refractivity contribution is 5.62. The molecule has 0 aliphatic heterocycles. The molecule has 0 saturated carbocycles. The maximum Gasteiger partial charge on any atom is 0.265 e. The molecule has 0 fully saturated rings. The van der Waals surface area contributed by atoms with Crippen molar-refractivity contribution >= 4 is 0 Å². The molecule has 0 spiro atoms. The molecule has 0 aliphatic carbocycles. The quantitative estimate of drug-likeness (QED) is 0.768. The summed E-state index contributed by atoms with van der Waals surface area (Å²) in [5, 5.41) is 13.2.